The highest BCUT2D eigenvalue weighted by Crippen LogP contribution is 2.39. The molecule has 2 bridgehead atoms. The van der Waals surface area contributed by atoms with Gasteiger partial charge in [-0.2, -0.15) is 0 Å². The van der Waals surface area contributed by atoms with Crippen LogP contribution >= 0.6 is 0 Å². The Morgan fingerprint density at radius 2 is 2.00 bits per heavy atom. The van der Waals surface area contributed by atoms with Crippen LogP contribution in [0, 0.1) is 0 Å². The summed E-state index contributed by atoms with van der Waals surface area (Å²) in [6, 6.07) is 9.03. The van der Waals surface area contributed by atoms with Crippen LogP contribution in [0.25, 0.3) is 0 Å². The number of nitrogens with zero attached hydrogens (tertiary/aromatic N) is 4. The highest BCUT2D eigenvalue weighted by Gasteiger charge is 2.40. The van der Waals surface area contributed by atoms with Gasteiger partial charge >= 0.3 is 6.03 Å². The fraction of sp³-hybridized carbons (Fsp3) is 0.368. The van der Waals surface area contributed by atoms with Gasteiger partial charge in [-0.25, -0.2) is 14.8 Å². The molecule has 1 atom stereocenters. The summed E-state index contributed by atoms with van der Waals surface area (Å²) in [6.07, 6.45) is 4.54. The number of carbonyl (C=O) groups is 2. The fourth-order valence-electron chi connectivity index (χ4n) is 3.69. The lowest BCUT2D eigenvalue weighted by Crippen LogP contribution is -2.48. The average Bonchev–Trinajstić information content (AvgIpc) is 3.40. The minimum Gasteiger partial charge on any atom is -0.366 e. The van der Waals surface area contributed by atoms with Gasteiger partial charge in [0.15, 0.2) is 5.82 Å². The van der Waals surface area contributed by atoms with Crippen molar-refractivity contribution < 1.29 is 9.59 Å². The highest BCUT2D eigenvalue weighted by molar-refractivity contribution is 6.05. The van der Waals surface area contributed by atoms with Gasteiger partial charge < -0.3 is 10.2 Å². The van der Waals surface area contributed by atoms with Crippen LogP contribution in [0.2, 0.25) is 0 Å². The number of aromatic nitrogens is 2. The van der Waals surface area contributed by atoms with E-state index in [1.165, 1.54) is 0 Å². The second-order valence-corrected chi connectivity index (χ2v) is 7.19. The van der Waals surface area contributed by atoms with Gasteiger partial charge in [0.25, 0.3) is 5.91 Å². The third-order valence-electron chi connectivity index (χ3n) is 5.22. The number of nitrogens with one attached hydrogen (secondary N) is 2. The van der Waals surface area contributed by atoms with Crippen LogP contribution in [0.1, 0.15) is 29.8 Å². The lowest BCUT2D eigenvalue weighted by atomic mass is 10.1. The van der Waals surface area contributed by atoms with Gasteiger partial charge in [-0.3, -0.25) is 15.0 Å². The molecule has 1 aliphatic carbocycles. The summed E-state index contributed by atoms with van der Waals surface area (Å²) in [7, 11) is 0. The van der Waals surface area contributed by atoms with E-state index in [-0.39, 0.29) is 24.0 Å². The number of fused-ring (bicyclic) bond motifs is 4. The summed E-state index contributed by atoms with van der Waals surface area (Å²) >= 11 is 0. The number of amides is 3. The zero-order valence-electron chi connectivity index (χ0n) is 14.8. The Balaban J connectivity index is 1.47. The van der Waals surface area contributed by atoms with Gasteiger partial charge in [-0.15, -0.1) is 0 Å². The topological polar surface area (TPSA) is 90.5 Å². The van der Waals surface area contributed by atoms with Crippen molar-refractivity contribution in [2.45, 2.75) is 31.3 Å². The highest BCUT2D eigenvalue weighted by atomic mass is 16.2. The van der Waals surface area contributed by atoms with E-state index in [1.54, 1.807) is 29.3 Å². The zero-order valence-corrected chi connectivity index (χ0v) is 14.8. The molecule has 1 saturated heterocycles. The molecule has 27 heavy (non-hydrogen) atoms. The molecule has 2 aromatic heterocycles. The van der Waals surface area contributed by atoms with Gasteiger partial charge in [0.2, 0.25) is 0 Å². The van der Waals surface area contributed by atoms with Crippen LogP contribution in [0.4, 0.5) is 22.1 Å². The van der Waals surface area contributed by atoms with Crippen molar-refractivity contribution in [3.05, 3.63) is 42.2 Å². The van der Waals surface area contributed by atoms with Crippen molar-refractivity contribution in [1.29, 1.82) is 0 Å². The van der Waals surface area contributed by atoms with E-state index >= 15 is 0 Å². The molecule has 0 spiro atoms. The van der Waals surface area contributed by atoms with Crippen molar-refractivity contribution in [2.75, 3.05) is 28.2 Å². The third-order valence-corrected chi connectivity index (χ3v) is 5.22. The Kier molecular flexibility index (Phi) is 3.70. The molecule has 8 heteroatoms. The molecule has 4 heterocycles. The molecule has 5 rings (SSSR count). The summed E-state index contributed by atoms with van der Waals surface area (Å²) in [5.41, 5.74) is 1.24. The van der Waals surface area contributed by atoms with Crippen LogP contribution in [0.3, 0.4) is 0 Å². The number of urea groups is 1. The fourth-order valence-corrected chi connectivity index (χ4v) is 3.69. The third kappa shape index (κ3) is 2.97. The maximum Gasteiger partial charge on any atom is 0.329 e. The average molecular weight is 364 g/mol. The molecule has 2 N–H and O–H groups in total. The van der Waals surface area contributed by atoms with Gasteiger partial charge in [-0.1, -0.05) is 6.07 Å². The van der Waals surface area contributed by atoms with Crippen LogP contribution < -0.4 is 20.4 Å². The number of carbonyl (C=O) groups excluding carboxylic acids is 2. The van der Waals surface area contributed by atoms with Crippen LogP contribution in [-0.4, -0.2) is 47.1 Å². The van der Waals surface area contributed by atoms with Crippen molar-refractivity contribution >= 4 is 29.3 Å². The molecule has 0 aromatic carbocycles. The number of hydrogen-bond acceptors (Lipinski definition) is 5. The van der Waals surface area contributed by atoms with E-state index in [1.807, 2.05) is 12.1 Å². The summed E-state index contributed by atoms with van der Waals surface area (Å²) < 4.78 is 0. The van der Waals surface area contributed by atoms with Crippen molar-refractivity contribution in [1.82, 2.24) is 15.3 Å². The first-order valence-electron chi connectivity index (χ1n) is 9.27. The quantitative estimate of drug-likeness (QED) is 0.869. The minimum atomic E-state index is -0.270. The van der Waals surface area contributed by atoms with Crippen LogP contribution in [-0.2, 0) is 0 Å². The Labute approximate surface area is 156 Å². The van der Waals surface area contributed by atoms with E-state index in [2.05, 4.69) is 25.5 Å². The molecule has 8 nitrogen and oxygen atoms in total. The lowest BCUT2D eigenvalue weighted by Gasteiger charge is -2.35. The van der Waals surface area contributed by atoms with Crippen LogP contribution in [0.5, 0.6) is 0 Å². The zero-order chi connectivity index (χ0) is 18.4. The predicted octanol–water partition coefficient (Wildman–Crippen LogP) is 2.00. The first kappa shape index (κ1) is 16.0. The maximum absolute atomic E-state index is 13.0. The van der Waals surface area contributed by atoms with Gasteiger partial charge in [0.1, 0.15) is 11.5 Å². The SMILES string of the molecule is O=C(NC1CC1)c1ccc2c(n1)N(C(=O)Nc1ccccn1)C1CCN2C1. The molecular weight excluding hydrogens is 344 g/mol. The Hall–Kier alpha value is -3.16. The molecule has 2 fully saturated rings. The summed E-state index contributed by atoms with van der Waals surface area (Å²) in [5.74, 6) is 0.853. The molecule has 2 aromatic rings. The number of pyridine rings is 2. The van der Waals surface area contributed by atoms with E-state index in [0.29, 0.717) is 17.3 Å². The van der Waals surface area contributed by atoms with Crippen molar-refractivity contribution in [2.24, 2.45) is 0 Å². The van der Waals surface area contributed by atoms with Gasteiger partial charge in [0.05, 0.1) is 11.7 Å². The minimum absolute atomic E-state index is 0.0375. The first-order valence-corrected chi connectivity index (χ1v) is 9.27. The van der Waals surface area contributed by atoms with E-state index in [9.17, 15) is 9.59 Å². The molecule has 2 aliphatic heterocycles. The van der Waals surface area contributed by atoms with Crippen molar-refractivity contribution in [3.63, 3.8) is 0 Å². The number of anilines is 3. The largest absolute Gasteiger partial charge is 0.366 e. The molecule has 3 amide bonds. The Bertz CT molecular complexity index is 898. The summed E-state index contributed by atoms with van der Waals surface area (Å²) in [6.45, 7) is 1.65. The summed E-state index contributed by atoms with van der Waals surface area (Å²) in [5, 5.41) is 5.80. The molecule has 3 aliphatic rings. The molecule has 1 saturated carbocycles. The number of rotatable bonds is 3. The molecule has 0 radical (unpaired) electrons. The van der Waals surface area contributed by atoms with Gasteiger partial charge in [-0.05, 0) is 43.5 Å². The molecule has 1 unspecified atom stereocenters. The molecule has 138 valence electrons. The van der Waals surface area contributed by atoms with E-state index < -0.39 is 0 Å². The predicted molar refractivity (Wildman–Crippen MR) is 101 cm³/mol. The smallest absolute Gasteiger partial charge is 0.329 e. The maximum atomic E-state index is 13.0. The number of hydrogen-bond donors (Lipinski definition) is 2. The normalized spacial score (nSPS) is 20.2. The lowest BCUT2D eigenvalue weighted by molar-refractivity contribution is 0.0946. The van der Waals surface area contributed by atoms with E-state index in [0.717, 1.165) is 38.0 Å². The Morgan fingerprint density at radius 1 is 1.11 bits per heavy atom. The standard InChI is InChI=1S/C19H20N6O2/c26-18(21-12-4-5-12)14-6-7-15-17(22-14)25(13-8-10-24(15)11-13)19(27)23-16-3-1-2-9-20-16/h1-3,6-7,9,12-13H,4-5,8,10-11H2,(H,21,26)(H,20,23,27). The monoisotopic (exact) mass is 364 g/mol. The first-order chi connectivity index (χ1) is 13.2. The second-order valence-electron chi connectivity index (χ2n) is 7.19. The summed E-state index contributed by atoms with van der Waals surface area (Å²) in [4.78, 5) is 38.1. The van der Waals surface area contributed by atoms with Crippen LogP contribution in [0.15, 0.2) is 36.5 Å². The van der Waals surface area contributed by atoms with Gasteiger partial charge in [0, 0.05) is 25.3 Å². The molecular formula is C19H20N6O2. The van der Waals surface area contributed by atoms with E-state index in [4.69, 9.17) is 0 Å². The Morgan fingerprint density at radius 3 is 2.78 bits per heavy atom. The second kappa shape index (κ2) is 6.22. The van der Waals surface area contributed by atoms with Crippen molar-refractivity contribution in [3.8, 4) is 0 Å².